The van der Waals surface area contributed by atoms with E-state index in [-0.39, 0.29) is 5.91 Å². The molecule has 0 saturated carbocycles. The van der Waals surface area contributed by atoms with E-state index in [4.69, 9.17) is 14.6 Å². The first-order chi connectivity index (χ1) is 8.58. The molecule has 0 aliphatic carbocycles. The predicted molar refractivity (Wildman–Crippen MR) is 67.9 cm³/mol. The zero-order valence-corrected chi connectivity index (χ0v) is 10.9. The van der Waals surface area contributed by atoms with Crippen LogP contribution in [0.25, 0.3) is 0 Å². The molecule has 1 aromatic carbocycles. The molecule has 0 aliphatic heterocycles. The Bertz CT molecular complexity index is 404. The van der Waals surface area contributed by atoms with Crippen LogP contribution in [-0.2, 0) is 11.2 Å². The van der Waals surface area contributed by atoms with Crippen LogP contribution in [0.15, 0.2) is 18.2 Å². The summed E-state index contributed by atoms with van der Waals surface area (Å²) in [6, 6.07) is 5.61. The van der Waals surface area contributed by atoms with Gasteiger partial charge in [-0.05, 0) is 31.0 Å². The van der Waals surface area contributed by atoms with Crippen LogP contribution in [-0.4, -0.2) is 37.9 Å². The highest BCUT2D eigenvalue weighted by Crippen LogP contribution is 2.27. The van der Waals surface area contributed by atoms with Crippen LogP contribution in [0.4, 0.5) is 0 Å². The fourth-order valence-electron chi connectivity index (χ4n) is 1.51. The molecular formula is C13H19NO4. The average molecular weight is 253 g/mol. The van der Waals surface area contributed by atoms with Gasteiger partial charge in [0.2, 0.25) is 5.91 Å². The Morgan fingerprint density at radius 2 is 2.00 bits per heavy atom. The molecule has 1 atom stereocenters. The third kappa shape index (κ3) is 3.92. The Labute approximate surface area is 107 Å². The predicted octanol–water partition coefficient (Wildman–Crippen LogP) is 0.743. The fraction of sp³-hybridized carbons (Fsp3) is 0.462. The summed E-state index contributed by atoms with van der Waals surface area (Å²) in [5, 5.41) is 11.7. The summed E-state index contributed by atoms with van der Waals surface area (Å²) in [4.78, 5) is 11.2. The van der Waals surface area contributed by atoms with Gasteiger partial charge >= 0.3 is 0 Å². The number of nitrogens with one attached hydrogen (secondary N) is 1. The number of methoxy groups -OCH3 is 2. The third-order valence-corrected chi connectivity index (χ3v) is 2.54. The number of aliphatic hydroxyl groups excluding tert-OH is 1. The fourth-order valence-corrected chi connectivity index (χ4v) is 1.51. The zero-order chi connectivity index (χ0) is 13.5. The SMILES string of the molecule is COc1ccc(CCNC(=O)[C@H](C)O)cc1OC. The Hall–Kier alpha value is -1.75. The van der Waals surface area contributed by atoms with Gasteiger partial charge in [-0.2, -0.15) is 0 Å². The van der Waals surface area contributed by atoms with Crippen molar-refractivity contribution in [2.45, 2.75) is 19.4 Å². The molecule has 1 rings (SSSR count). The molecule has 0 bridgehead atoms. The lowest BCUT2D eigenvalue weighted by Crippen LogP contribution is -2.33. The summed E-state index contributed by atoms with van der Waals surface area (Å²) < 4.78 is 10.3. The molecule has 5 heteroatoms. The molecule has 0 aliphatic rings. The lowest BCUT2D eigenvalue weighted by molar-refractivity contribution is -0.128. The molecule has 0 unspecified atom stereocenters. The highest BCUT2D eigenvalue weighted by atomic mass is 16.5. The first-order valence-corrected chi connectivity index (χ1v) is 5.75. The van der Waals surface area contributed by atoms with Gasteiger partial charge in [0.15, 0.2) is 11.5 Å². The van der Waals surface area contributed by atoms with E-state index in [2.05, 4.69) is 5.32 Å². The number of carbonyl (C=O) groups excluding carboxylic acids is 1. The van der Waals surface area contributed by atoms with E-state index in [1.807, 2.05) is 18.2 Å². The molecule has 1 aromatic rings. The van der Waals surface area contributed by atoms with Gasteiger partial charge in [0, 0.05) is 6.54 Å². The minimum Gasteiger partial charge on any atom is -0.493 e. The van der Waals surface area contributed by atoms with Crippen LogP contribution in [0.3, 0.4) is 0 Å². The maximum atomic E-state index is 11.2. The number of hydrogen-bond acceptors (Lipinski definition) is 4. The molecule has 0 radical (unpaired) electrons. The lowest BCUT2D eigenvalue weighted by atomic mass is 10.1. The Kier molecular flexibility index (Phi) is 5.45. The molecular weight excluding hydrogens is 234 g/mol. The molecule has 0 fully saturated rings. The van der Waals surface area contributed by atoms with Crippen molar-refractivity contribution in [2.24, 2.45) is 0 Å². The van der Waals surface area contributed by atoms with E-state index < -0.39 is 6.10 Å². The first-order valence-electron chi connectivity index (χ1n) is 5.75. The van der Waals surface area contributed by atoms with Crippen molar-refractivity contribution < 1.29 is 19.4 Å². The Morgan fingerprint density at radius 3 is 2.56 bits per heavy atom. The van der Waals surface area contributed by atoms with Crippen molar-refractivity contribution in [3.63, 3.8) is 0 Å². The second-order valence-electron chi connectivity index (χ2n) is 3.91. The maximum absolute atomic E-state index is 11.2. The summed E-state index contributed by atoms with van der Waals surface area (Å²) in [5.74, 6) is 0.974. The quantitative estimate of drug-likeness (QED) is 0.785. The standard InChI is InChI=1S/C13H19NO4/c1-9(15)13(16)14-7-6-10-4-5-11(17-2)12(8-10)18-3/h4-5,8-9,15H,6-7H2,1-3H3,(H,14,16)/t9-/m0/s1. The number of aliphatic hydroxyl groups is 1. The normalized spacial score (nSPS) is 11.8. The van der Waals surface area contributed by atoms with Gasteiger partial charge in [-0.25, -0.2) is 0 Å². The van der Waals surface area contributed by atoms with E-state index in [1.54, 1.807) is 14.2 Å². The van der Waals surface area contributed by atoms with Crippen LogP contribution in [0.5, 0.6) is 11.5 Å². The van der Waals surface area contributed by atoms with Crippen LogP contribution in [0.2, 0.25) is 0 Å². The summed E-state index contributed by atoms with van der Waals surface area (Å²) in [5.41, 5.74) is 1.03. The van der Waals surface area contributed by atoms with Gasteiger partial charge in [0.05, 0.1) is 14.2 Å². The van der Waals surface area contributed by atoms with Gasteiger partial charge in [-0.3, -0.25) is 4.79 Å². The number of amides is 1. The average Bonchev–Trinajstić information content (AvgIpc) is 2.38. The van der Waals surface area contributed by atoms with Gasteiger partial charge in [-0.15, -0.1) is 0 Å². The molecule has 0 heterocycles. The van der Waals surface area contributed by atoms with Crippen molar-refractivity contribution in [1.29, 1.82) is 0 Å². The van der Waals surface area contributed by atoms with Crippen LogP contribution < -0.4 is 14.8 Å². The zero-order valence-electron chi connectivity index (χ0n) is 10.9. The van der Waals surface area contributed by atoms with Crippen molar-refractivity contribution in [3.8, 4) is 11.5 Å². The molecule has 100 valence electrons. The molecule has 18 heavy (non-hydrogen) atoms. The van der Waals surface area contributed by atoms with Gasteiger partial charge in [0.25, 0.3) is 0 Å². The minimum absolute atomic E-state index is 0.365. The van der Waals surface area contributed by atoms with Crippen LogP contribution in [0, 0.1) is 0 Å². The topological polar surface area (TPSA) is 67.8 Å². The van der Waals surface area contributed by atoms with E-state index in [9.17, 15) is 4.79 Å². The molecule has 5 nitrogen and oxygen atoms in total. The van der Waals surface area contributed by atoms with Gasteiger partial charge in [-0.1, -0.05) is 6.07 Å². The van der Waals surface area contributed by atoms with E-state index >= 15 is 0 Å². The summed E-state index contributed by atoms with van der Waals surface area (Å²) in [7, 11) is 3.16. The summed E-state index contributed by atoms with van der Waals surface area (Å²) in [6.07, 6.45) is -0.311. The van der Waals surface area contributed by atoms with E-state index in [0.717, 1.165) is 5.56 Å². The maximum Gasteiger partial charge on any atom is 0.248 e. The third-order valence-electron chi connectivity index (χ3n) is 2.54. The highest BCUT2D eigenvalue weighted by molar-refractivity contribution is 5.79. The van der Waals surface area contributed by atoms with Crippen molar-refractivity contribution in [2.75, 3.05) is 20.8 Å². The molecule has 2 N–H and O–H groups in total. The van der Waals surface area contributed by atoms with Crippen molar-refractivity contribution in [3.05, 3.63) is 23.8 Å². The molecule has 0 spiro atoms. The number of benzene rings is 1. The summed E-state index contributed by atoms with van der Waals surface area (Å²) in [6.45, 7) is 1.91. The number of ether oxygens (including phenoxy) is 2. The van der Waals surface area contributed by atoms with E-state index in [0.29, 0.717) is 24.5 Å². The first kappa shape index (κ1) is 14.3. The monoisotopic (exact) mass is 253 g/mol. The Balaban J connectivity index is 2.55. The lowest BCUT2D eigenvalue weighted by Gasteiger charge is -2.10. The minimum atomic E-state index is -0.976. The molecule has 0 aromatic heterocycles. The van der Waals surface area contributed by atoms with Crippen LogP contribution in [0.1, 0.15) is 12.5 Å². The van der Waals surface area contributed by atoms with Gasteiger partial charge < -0.3 is 19.9 Å². The highest BCUT2D eigenvalue weighted by Gasteiger charge is 2.08. The Morgan fingerprint density at radius 1 is 1.33 bits per heavy atom. The number of rotatable bonds is 6. The van der Waals surface area contributed by atoms with Gasteiger partial charge in [0.1, 0.15) is 6.10 Å². The molecule has 0 saturated heterocycles. The summed E-state index contributed by atoms with van der Waals surface area (Å²) >= 11 is 0. The molecule has 1 amide bonds. The second kappa shape index (κ2) is 6.86. The van der Waals surface area contributed by atoms with Crippen LogP contribution >= 0.6 is 0 Å². The smallest absolute Gasteiger partial charge is 0.248 e. The largest absolute Gasteiger partial charge is 0.493 e. The van der Waals surface area contributed by atoms with Crippen molar-refractivity contribution >= 4 is 5.91 Å². The van der Waals surface area contributed by atoms with E-state index in [1.165, 1.54) is 6.92 Å². The number of hydrogen-bond donors (Lipinski definition) is 2. The number of carbonyl (C=O) groups is 1. The second-order valence-corrected chi connectivity index (χ2v) is 3.91. The van der Waals surface area contributed by atoms with Crippen molar-refractivity contribution in [1.82, 2.24) is 5.32 Å².